The van der Waals surface area contributed by atoms with Crippen molar-refractivity contribution < 1.29 is 0 Å². The monoisotopic (exact) mass is 328 g/mol. The SMILES string of the molecule is CSC(=N[C@@H](c1ccccc1)c1ccccc1N=[N+]=[N-])SC. The van der Waals surface area contributed by atoms with Crippen molar-refractivity contribution in [1.82, 2.24) is 0 Å². The fourth-order valence-electron chi connectivity index (χ4n) is 2.11. The molecule has 0 bridgehead atoms. The second kappa shape index (κ2) is 8.54. The minimum atomic E-state index is -0.183. The van der Waals surface area contributed by atoms with E-state index in [9.17, 15) is 0 Å². The van der Waals surface area contributed by atoms with Gasteiger partial charge in [-0.1, -0.05) is 59.7 Å². The summed E-state index contributed by atoms with van der Waals surface area (Å²) < 4.78 is 0.990. The third kappa shape index (κ3) is 4.07. The fraction of sp³-hybridized carbons (Fsp3) is 0.188. The van der Waals surface area contributed by atoms with Crippen LogP contribution in [0.2, 0.25) is 0 Å². The lowest BCUT2D eigenvalue weighted by molar-refractivity contribution is 0.879. The Labute approximate surface area is 138 Å². The highest BCUT2D eigenvalue weighted by atomic mass is 32.2. The molecule has 0 aliphatic rings. The number of thioether (sulfide) groups is 2. The van der Waals surface area contributed by atoms with Crippen LogP contribution in [-0.2, 0) is 0 Å². The first-order valence-corrected chi connectivity index (χ1v) is 9.10. The van der Waals surface area contributed by atoms with E-state index >= 15 is 0 Å². The predicted molar refractivity (Wildman–Crippen MR) is 98.0 cm³/mol. The van der Waals surface area contributed by atoms with Crippen LogP contribution >= 0.6 is 23.5 Å². The summed E-state index contributed by atoms with van der Waals surface area (Å²) in [6.07, 6.45) is 4.02. The Kier molecular flexibility index (Phi) is 6.40. The maximum absolute atomic E-state index is 8.78. The molecule has 1 atom stereocenters. The molecule has 0 fully saturated rings. The molecule has 0 radical (unpaired) electrons. The summed E-state index contributed by atoms with van der Waals surface area (Å²) in [5, 5.41) is 3.81. The summed E-state index contributed by atoms with van der Waals surface area (Å²) in [4.78, 5) is 7.78. The van der Waals surface area contributed by atoms with Gasteiger partial charge in [0, 0.05) is 10.6 Å². The molecule has 0 amide bonds. The van der Waals surface area contributed by atoms with Gasteiger partial charge in [0.15, 0.2) is 0 Å². The van der Waals surface area contributed by atoms with E-state index in [2.05, 4.69) is 10.0 Å². The van der Waals surface area contributed by atoms with E-state index in [4.69, 9.17) is 10.5 Å². The van der Waals surface area contributed by atoms with Gasteiger partial charge in [0.1, 0.15) is 10.4 Å². The molecule has 0 aliphatic heterocycles. The van der Waals surface area contributed by atoms with Crippen LogP contribution in [0.1, 0.15) is 17.2 Å². The van der Waals surface area contributed by atoms with Gasteiger partial charge in [-0.3, -0.25) is 4.99 Å². The first-order valence-electron chi connectivity index (χ1n) is 6.65. The molecule has 2 rings (SSSR count). The quantitative estimate of drug-likeness (QED) is 0.234. The van der Waals surface area contributed by atoms with Crippen molar-refractivity contribution >= 4 is 33.6 Å². The molecule has 0 aromatic heterocycles. The second-order valence-electron chi connectivity index (χ2n) is 4.36. The van der Waals surface area contributed by atoms with E-state index < -0.39 is 0 Å². The number of rotatable bonds is 4. The molecule has 0 N–H and O–H groups in total. The van der Waals surface area contributed by atoms with Gasteiger partial charge in [-0.25, -0.2) is 0 Å². The molecule has 0 unspecified atom stereocenters. The zero-order chi connectivity index (χ0) is 15.8. The Morgan fingerprint density at radius 1 is 1.00 bits per heavy atom. The van der Waals surface area contributed by atoms with Crippen molar-refractivity contribution in [3.05, 3.63) is 76.2 Å². The van der Waals surface area contributed by atoms with Crippen molar-refractivity contribution in [2.24, 2.45) is 10.1 Å². The molecule has 6 heteroatoms. The molecule has 0 spiro atoms. The number of hydrogen-bond acceptors (Lipinski definition) is 4. The van der Waals surface area contributed by atoms with Gasteiger partial charge >= 0.3 is 0 Å². The van der Waals surface area contributed by atoms with Crippen molar-refractivity contribution in [1.29, 1.82) is 0 Å². The zero-order valence-electron chi connectivity index (χ0n) is 12.4. The van der Waals surface area contributed by atoms with Crippen LogP contribution in [0.3, 0.4) is 0 Å². The third-order valence-electron chi connectivity index (χ3n) is 3.08. The van der Waals surface area contributed by atoms with Gasteiger partial charge in [-0.15, -0.1) is 23.5 Å². The van der Waals surface area contributed by atoms with Crippen LogP contribution in [0.5, 0.6) is 0 Å². The average Bonchev–Trinajstić information content (AvgIpc) is 2.58. The molecular formula is C16H16N4S2. The normalized spacial score (nSPS) is 11.4. The number of benzene rings is 2. The van der Waals surface area contributed by atoms with E-state index in [0.29, 0.717) is 5.69 Å². The molecule has 22 heavy (non-hydrogen) atoms. The zero-order valence-corrected chi connectivity index (χ0v) is 14.0. The largest absolute Gasteiger partial charge is 0.259 e. The minimum Gasteiger partial charge on any atom is -0.259 e. The second-order valence-corrected chi connectivity index (χ2v) is 6.21. The van der Waals surface area contributed by atoms with Crippen LogP contribution in [0.25, 0.3) is 10.4 Å². The Bertz CT molecular complexity index is 688. The molecule has 0 aliphatic carbocycles. The Balaban J connectivity index is 2.59. The van der Waals surface area contributed by atoms with Crippen LogP contribution in [0.15, 0.2) is 64.7 Å². The lowest BCUT2D eigenvalue weighted by atomic mass is 9.98. The third-order valence-corrected chi connectivity index (χ3v) is 4.99. The van der Waals surface area contributed by atoms with Crippen molar-refractivity contribution in [2.45, 2.75) is 6.04 Å². The van der Waals surface area contributed by atoms with E-state index in [1.54, 1.807) is 23.5 Å². The molecule has 2 aromatic rings. The van der Waals surface area contributed by atoms with E-state index in [-0.39, 0.29) is 6.04 Å². The Morgan fingerprint density at radius 3 is 2.27 bits per heavy atom. The number of aliphatic imine (C=N–C) groups is 1. The highest BCUT2D eigenvalue weighted by molar-refractivity contribution is 8.38. The van der Waals surface area contributed by atoms with E-state index in [1.807, 2.05) is 67.1 Å². The van der Waals surface area contributed by atoms with Gasteiger partial charge in [0.25, 0.3) is 0 Å². The topological polar surface area (TPSA) is 61.1 Å². The number of azide groups is 1. The highest BCUT2D eigenvalue weighted by Gasteiger charge is 2.16. The lowest BCUT2D eigenvalue weighted by Gasteiger charge is -2.17. The van der Waals surface area contributed by atoms with Crippen LogP contribution in [-0.4, -0.2) is 16.9 Å². The van der Waals surface area contributed by atoms with Gasteiger partial charge in [0.2, 0.25) is 0 Å². The standard InChI is InChI=1S/C16H16N4S2/c1-21-16(22-2)18-15(12-8-4-3-5-9-12)13-10-6-7-11-14(13)19-20-17/h3-11,15H,1-2H3/t15-/m0/s1. The molecule has 0 saturated carbocycles. The summed E-state index contributed by atoms with van der Waals surface area (Å²) in [6.45, 7) is 0. The summed E-state index contributed by atoms with van der Waals surface area (Å²) >= 11 is 3.23. The minimum absolute atomic E-state index is 0.183. The lowest BCUT2D eigenvalue weighted by Crippen LogP contribution is -2.01. The fourth-order valence-corrected chi connectivity index (χ4v) is 3.20. The van der Waals surface area contributed by atoms with Gasteiger partial charge in [-0.05, 0) is 29.2 Å². The summed E-state index contributed by atoms with van der Waals surface area (Å²) in [7, 11) is 0. The number of nitrogens with zero attached hydrogens (tertiary/aromatic N) is 4. The molecule has 4 nitrogen and oxygen atoms in total. The molecule has 0 heterocycles. The van der Waals surface area contributed by atoms with Gasteiger partial charge < -0.3 is 0 Å². The highest BCUT2D eigenvalue weighted by Crippen LogP contribution is 2.34. The van der Waals surface area contributed by atoms with Gasteiger partial charge in [0.05, 0.1) is 0 Å². The Hall–Kier alpha value is -1.88. The maximum atomic E-state index is 8.78. The maximum Gasteiger partial charge on any atom is 0.125 e. The number of hydrogen-bond donors (Lipinski definition) is 0. The van der Waals surface area contributed by atoms with Crippen molar-refractivity contribution in [3.8, 4) is 0 Å². The van der Waals surface area contributed by atoms with Crippen LogP contribution in [0, 0.1) is 0 Å². The van der Waals surface area contributed by atoms with E-state index in [1.165, 1.54) is 0 Å². The van der Waals surface area contributed by atoms with Crippen LogP contribution < -0.4 is 0 Å². The molecular weight excluding hydrogens is 312 g/mol. The summed E-state index contributed by atoms with van der Waals surface area (Å²) in [6, 6.07) is 17.4. The average molecular weight is 328 g/mol. The van der Waals surface area contributed by atoms with Crippen LogP contribution in [0.4, 0.5) is 5.69 Å². The van der Waals surface area contributed by atoms with Crippen molar-refractivity contribution in [2.75, 3.05) is 12.5 Å². The molecule has 0 saturated heterocycles. The first-order chi connectivity index (χ1) is 10.8. The first kappa shape index (κ1) is 16.5. The molecule has 112 valence electrons. The Morgan fingerprint density at radius 2 is 1.64 bits per heavy atom. The summed E-state index contributed by atoms with van der Waals surface area (Å²) in [5.74, 6) is 0. The molecule has 2 aromatic carbocycles. The smallest absolute Gasteiger partial charge is 0.125 e. The summed E-state index contributed by atoms with van der Waals surface area (Å²) in [5.41, 5.74) is 11.4. The predicted octanol–water partition coefficient (Wildman–Crippen LogP) is 5.80. The van der Waals surface area contributed by atoms with E-state index in [0.717, 1.165) is 15.5 Å². The van der Waals surface area contributed by atoms with Crippen molar-refractivity contribution in [3.63, 3.8) is 0 Å². The van der Waals surface area contributed by atoms with Gasteiger partial charge in [-0.2, -0.15) is 0 Å².